The average molecular weight is 278 g/mol. The van der Waals surface area contributed by atoms with Crippen LogP contribution in [0.4, 0.5) is 4.39 Å². The molecular weight excluding hydrogens is 255 g/mol. The molecule has 1 saturated carbocycles. The average Bonchev–Trinajstić information content (AvgIpc) is 2.41. The van der Waals surface area contributed by atoms with E-state index in [2.05, 4.69) is 12.2 Å². The summed E-state index contributed by atoms with van der Waals surface area (Å²) in [6.45, 7) is 4.42. The van der Waals surface area contributed by atoms with E-state index < -0.39 is 0 Å². The molecule has 1 aliphatic rings. The number of benzene rings is 1. The summed E-state index contributed by atoms with van der Waals surface area (Å²) in [4.78, 5) is 12.4. The zero-order chi connectivity index (χ0) is 14.8. The van der Waals surface area contributed by atoms with Crippen molar-refractivity contribution in [2.45, 2.75) is 45.1 Å². The quantitative estimate of drug-likeness (QED) is 0.893. The van der Waals surface area contributed by atoms with E-state index in [4.69, 9.17) is 5.73 Å². The minimum absolute atomic E-state index is 0.221. The van der Waals surface area contributed by atoms with Gasteiger partial charge in [0.25, 0.3) is 5.91 Å². The van der Waals surface area contributed by atoms with Crippen LogP contribution >= 0.6 is 0 Å². The van der Waals surface area contributed by atoms with Crippen LogP contribution in [0.15, 0.2) is 18.2 Å². The highest BCUT2D eigenvalue weighted by molar-refractivity contribution is 5.96. The largest absolute Gasteiger partial charge is 0.345 e. The summed E-state index contributed by atoms with van der Waals surface area (Å²) in [5.41, 5.74) is 6.74. The van der Waals surface area contributed by atoms with Crippen molar-refractivity contribution in [3.63, 3.8) is 0 Å². The molecule has 1 fully saturated rings. The van der Waals surface area contributed by atoms with Crippen molar-refractivity contribution < 1.29 is 9.18 Å². The van der Waals surface area contributed by atoms with Crippen LogP contribution in [0.25, 0.3) is 0 Å². The second-order valence-corrected chi connectivity index (χ2v) is 6.10. The fourth-order valence-corrected chi connectivity index (χ4v) is 3.16. The lowest BCUT2D eigenvalue weighted by Crippen LogP contribution is -2.56. The molecule has 2 unspecified atom stereocenters. The molecule has 3 nitrogen and oxygen atoms in total. The van der Waals surface area contributed by atoms with E-state index in [1.807, 2.05) is 6.92 Å². The number of hydrogen-bond acceptors (Lipinski definition) is 2. The molecule has 1 amide bonds. The van der Waals surface area contributed by atoms with Crippen LogP contribution in [0, 0.1) is 18.7 Å². The van der Waals surface area contributed by atoms with Crippen LogP contribution in [0.3, 0.4) is 0 Å². The van der Waals surface area contributed by atoms with Gasteiger partial charge in [0, 0.05) is 12.1 Å². The van der Waals surface area contributed by atoms with Gasteiger partial charge in [-0.3, -0.25) is 4.79 Å². The lowest BCUT2D eigenvalue weighted by Gasteiger charge is -2.40. The second-order valence-electron chi connectivity index (χ2n) is 6.10. The van der Waals surface area contributed by atoms with Gasteiger partial charge in [0.2, 0.25) is 0 Å². The van der Waals surface area contributed by atoms with Gasteiger partial charge in [-0.05, 0) is 43.4 Å². The molecule has 0 heterocycles. The molecule has 0 bridgehead atoms. The first kappa shape index (κ1) is 15.0. The van der Waals surface area contributed by atoms with Crippen molar-refractivity contribution in [3.05, 3.63) is 35.1 Å². The summed E-state index contributed by atoms with van der Waals surface area (Å²) < 4.78 is 13.3. The summed E-state index contributed by atoms with van der Waals surface area (Å²) in [5.74, 6) is -0.0534. The molecule has 110 valence electrons. The second kappa shape index (κ2) is 5.92. The van der Waals surface area contributed by atoms with Crippen LogP contribution in [0.1, 0.15) is 48.5 Å². The Bertz CT molecular complexity index is 503. The Labute approximate surface area is 119 Å². The van der Waals surface area contributed by atoms with E-state index in [1.54, 1.807) is 6.07 Å². The Balaban J connectivity index is 2.19. The standard InChI is InChI=1S/C16H23FN2O/c1-11-4-3-7-16(9-11,10-18)19-15(20)14-8-13(17)6-5-12(14)2/h5-6,8,11H,3-4,7,9-10,18H2,1-2H3,(H,19,20). The molecule has 1 aromatic carbocycles. The van der Waals surface area contributed by atoms with Crippen LogP contribution in [-0.2, 0) is 0 Å². The Hall–Kier alpha value is -1.42. The highest BCUT2D eigenvalue weighted by atomic mass is 19.1. The monoisotopic (exact) mass is 278 g/mol. The van der Waals surface area contributed by atoms with Gasteiger partial charge >= 0.3 is 0 Å². The molecule has 3 N–H and O–H groups in total. The van der Waals surface area contributed by atoms with E-state index >= 15 is 0 Å². The summed E-state index contributed by atoms with van der Waals surface area (Å²) in [5, 5.41) is 3.07. The molecule has 0 saturated heterocycles. The van der Waals surface area contributed by atoms with Gasteiger partial charge in [-0.1, -0.05) is 25.8 Å². The molecule has 0 spiro atoms. The van der Waals surface area contributed by atoms with E-state index in [0.29, 0.717) is 18.0 Å². The van der Waals surface area contributed by atoms with Gasteiger partial charge in [0.15, 0.2) is 0 Å². The Morgan fingerprint density at radius 3 is 2.95 bits per heavy atom. The number of halogens is 1. The van der Waals surface area contributed by atoms with Gasteiger partial charge in [-0.25, -0.2) is 4.39 Å². The molecule has 4 heteroatoms. The normalized spacial score (nSPS) is 26.3. The lowest BCUT2D eigenvalue weighted by molar-refractivity contribution is 0.0853. The van der Waals surface area contributed by atoms with Crippen molar-refractivity contribution in [2.75, 3.05) is 6.54 Å². The van der Waals surface area contributed by atoms with E-state index in [1.165, 1.54) is 18.6 Å². The van der Waals surface area contributed by atoms with E-state index in [0.717, 1.165) is 24.8 Å². The molecule has 1 aliphatic carbocycles. The van der Waals surface area contributed by atoms with Crippen LogP contribution in [-0.4, -0.2) is 18.0 Å². The van der Waals surface area contributed by atoms with E-state index in [-0.39, 0.29) is 17.3 Å². The van der Waals surface area contributed by atoms with Crippen LogP contribution in [0.5, 0.6) is 0 Å². The smallest absolute Gasteiger partial charge is 0.252 e. The van der Waals surface area contributed by atoms with E-state index in [9.17, 15) is 9.18 Å². The predicted octanol–water partition coefficient (Wildman–Crippen LogP) is 2.77. The minimum atomic E-state index is -0.389. The van der Waals surface area contributed by atoms with Gasteiger partial charge in [-0.2, -0.15) is 0 Å². The Morgan fingerprint density at radius 1 is 1.55 bits per heavy atom. The first-order chi connectivity index (χ1) is 9.46. The summed E-state index contributed by atoms with van der Waals surface area (Å²) in [7, 11) is 0. The molecule has 1 aromatic rings. The third kappa shape index (κ3) is 3.18. The third-order valence-electron chi connectivity index (χ3n) is 4.31. The van der Waals surface area contributed by atoms with Gasteiger partial charge in [0.05, 0.1) is 5.54 Å². The maximum atomic E-state index is 13.3. The number of carbonyl (C=O) groups excluding carboxylic acids is 1. The molecular formula is C16H23FN2O. The Kier molecular flexibility index (Phi) is 4.43. The van der Waals surface area contributed by atoms with Crippen molar-refractivity contribution in [3.8, 4) is 0 Å². The van der Waals surface area contributed by atoms with Crippen molar-refractivity contribution >= 4 is 5.91 Å². The first-order valence-electron chi connectivity index (χ1n) is 7.24. The van der Waals surface area contributed by atoms with Gasteiger partial charge in [-0.15, -0.1) is 0 Å². The van der Waals surface area contributed by atoms with Gasteiger partial charge < -0.3 is 11.1 Å². The minimum Gasteiger partial charge on any atom is -0.345 e. The highest BCUT2D eigenvalue weighted by Gasteiger charge is 2.35. The maximum Gasteiger partial charge on any atom is 0.252 e. The topological polar surface area (TPSA) is 55.1 Å². The number of carbonyl (C=O) groups is 1. The highest BCUT2D eigenvalue weighted by Crippen LogP contribution is 2.32. The third-order valence-corrected chi connectivity index (χ3v) is 4.31. The number of amides is 1. The lowest BCUT2D eigenvalue weighted by atomic mass is 9.76. The number of nitrogens with two attached hydrogens (primary N) is 1. The predicted molar refractivity (Wildman–Crippen MR) is 78.0 cm³/mol. The summed E-state index contributed by atoms with van der Waals surface area (Å²) >= 11 is 0. The number of aryl methyl sites for hydroxylation is 1. The molecule has 0 radical (unpaired) electrons. The maximum absolute atomic E-state index is 13.3. The summed E-state index contributed by atoms with van der Waals surface area (Å²) in [6, 6.07) is 4.29. The van der Waals surface area contributed by atoms with Crippen molar-refractivity contribution in [1.82, 2.24) is 5.32 Å². The van der Waals surface area contributed by atoms with Gasteiger partial charge in [0.1, 0.15) is 5.82 Å². The van der Waals surface area contributed by atoms with Crippen LogP contribution < -0.4 is 11.1 Å². The molecule has 2 rings (SSSR count). The zero-order valence-electron chi connectivity index (χ0n) is 12.2. The Morgan fingerprint density at radius 2 is 2.30 bits per heavy atom. The molecule has 20 heavy (non-hydrogen) atoms. The SMILES string of the molecule is Cc1ccc(F)cc1C(=O)NC1(CN)CCCC(C)C1. The molecule has 2 atom stereocenters. The summed E-state index contributed by atoms with van der Waals surface area (Å²) in [6.07, 6.45) is 4.04. The van der Waals surface area contributed by atoms with Crippen molar-refractivity contribution in [2.24, 2.45) is 11.7 Å². The fourth-order valence-electron chi connectivity index (χ4n) is 3.16. The van der Waals surface area contributed by atoms with Crippen molar-refractivity contribution in [1.29, 1.82) is 0 Å². The first-order valence-corrected chi connectivity index (χ1v) is 7.24. The number of hydrogen-bond donors (Lipinski definition) is 2. The number of rotatable bonds is 3. The molecule has 0 aliphatic heterocycles. The molecule has 0 aromatic heterocycles. The van der Waals surface area contributed by atoms with Crippen LogP contribution in [0.2, 0.25) is 0 Å². The number of nitrogens with one attached hydrogen (secondary N) is 1. The fraction of sp³-hybridized carbons (Fsp3) is 0.562. The zero-order valence-corrected chi connectivity index (χ0v) is 12.2.